The van der Waals surface area contributed by atoms with E-state index >= 15 is 0 Å². The van der Waals surface area contributed by atoms with Crippen molar-refractivity contribution in [3.05, 3.63) is 53.6 Å². The van der Waals surface area contributed by atoms with Crippen LogP contribution in [0.4, 0.5) is 30.2 Å². The molecule has 202 valence electrons. The van der Waals surface area contributed by atoms with Crippen molar-refractivity contribution in [2.45, 2.75) is 50.9 Å². The van der Waals surface area contributed by atoms with Crippen LogP contribution in [-0.2, 0) is 15.7 Å². The molecule has 0 bridgehead atoms. The van der Waals surface area contributed by atoms with E-state index in [0.29, 0.717) is 31.9 Å². The molecule has 1 saturated heterocycles. The van der Waals surface area contributed by atoms with Crippen molar-refractivity contribution in [1.29, 1.82) is 0 Å². The molecular formula is C26H33F3N4O4. The number of carbonyl (C=O) groups is 1. The van der Waals surface area contributed by atoms with Gasteiger partial charge in [-0.3, -0.25) is 15.2 Å². The Kier molecular flexibility index (Phi) is 8.46. The summed E-state index contributed by atoms with van der Waals surface area (Å²) in [6.45, 7) is 3.95. The molecule has 2 fully saturated rings. The normalized spacial score (nSPS) is 20.6. The van der Waals surface area contributed by atoms with Crippen LogP contribution >= 0.6 is 0 Å². The minimum absolute atomic E-state index is 0.0249. The van der Waals surface area contributed by atoms with Gasteiger partial charge in [-0.05, 0) is 80.6 Å². The van der Waals surface area contributed by atoms with E-state index < -0.39 is 11.7 Å². The van der Waals surface area contributed by atoms with E-state index in [9.17, 15) is 28.4 Å². The Morgan fingerprint density at radius 2 is 1.68 bits per heavy atom. The maximum atomic E-state index is 12.8. The number of nitrogens with one attached hydrogen (secondary N) is 1. The van der Waals surface area contributed by atoms with Gasteiger partial charge in [0.15, 0.2) is 0 Å². The quantitative estimate of drug-likeness (QED) is 0.455. The predicted molar refractivity (Wildman–Crippen MR) is 133 cm³/mol. The molecule has 0 atom stereocenters. The summed E-state index contributed by atoms with van der Waals surface area (Å²) in [6, 6.07) is 10.7. The number of ether oxygens (including phenoxy) is 1. The second-order valence-corrected chi connectivity index (χ2v) is 9.63. The Morgan fingerprint density at radius 3 is 2.24 bits per heavy atom. The minimum atomic E-state index is -4.35. The van der Waals surface area contributed by atoms with Crippen LogP contribution in [0.25, 0.3) is 0 Å². The largest absolute Gasteiger partial charge is 0.416 e. The fourth-order valence-electron chi connectivity index (χ4n) is 4.93. The van der Waals surface area contributed by atoms with Crippen LogP contribution < -0.4 is 15.4 Å². The van der Waals surface area contributed by atoms with Crippen LogP contribution in [0.1, 0.15) is 36.8 Å². The highest BCUT2D eigenvalue weighted by atomic mass is 19.4. The average Bonchev–Trinajstić information content (AvgIpc) is 2.87. The molecule has 1 amide bonds. The fourth-order valence-corrected chi connectivity index (χ4v) is 4.93. The topological polar surface area (TPSA) is 88.5 Å². The highest BCUT2D eigenvalue weighted by molar-refractivity contribution is 5.77. The molecule has 1 saturated carbocycles. The van der Waals surface area contributed by atoms with Crippen molar-refractivity contribution in [1.82, 2.24) is 4.90 Å². The summed E-state index contributed by atoms with van der Waals surface area (Å²) in [4.78, 5) is 16.4. The summed E-state index contributed by atoms with van der Waals surface area (Å²) >= 11 is 0. The van der Waals surface area contributed by atoms with Crippen molar-refractivity contribution < 1.29 is 33.1 Å². The van der Waals surface area contributed by atoms with Gasteiger partial charge in [-0.25, -0.2) is 0 Å². The molecule has 8 nitrogen and oxygen atoms in total. The van der Waals surface area contributed by atoms with E-state index in [0.717, 1.165) is 54.8 Å². The number of hydrogen-bond acceptors (Lipinski definition) is 7. The summed E-state index contributed by atoms with van der Waals surface area (Å²) in [5, 5.41) is 22.0. The Bertz CT molecular complexity index is 1050. The van der Waals surface area contributed by atoms with Gasteiger partial charge in [0.25, 0.3) is 0 Å². The molecular weight excluding hydrogens is 489 g/mol. The molecule has 1 heterocycles. The summed E-state index contributed by atoms with van der Waals surface area (Å²) in [5.41, 5.74) is 2.03. The molecule has 0 radical (unpaired) electrons. The van der Waals surface area contributed by atoms with E-state index in [1.807, 2.05) is 11.0 Å². The number of halogens is 3. The molecule has 11 heteroatoms. The zero-order chi connectivity index (χ0) is 26.6. The number of amides is 1. The highest BCUT2D eigenvalue weighted by Gasteiger charge is 2.30. The molecule has 2 aromatic rings. The first kappa shape index (κ1) is 27.0. The van der Waals surface area contributed by atoms with E-state index in [-0.39, 0.29) is 29.9 Å². The van der Waals surface area contributed by atoms with E-state index in [1.54, 1.807) is 24.0 Å². The van der Waals surface area contributed by atoms with Crippen molar-refractivity contribution >= 4 is 23.0 Å². The van der Waals surface area contributed by atoms with E-state index in [2.05, 4.69) is 5.32 Å². The number of carbonyl (C=O) groups excluding carboxylic acids is 1. The van der Waals surface area contributed by atoms with E-state index in [4.69, 9.17) is 4.74 Å². The Morgan fingerprint density at radius 1 is 1.03 bits per heavy atom. The molecule has 2 aliphatic rings. The standard InChI is InChI=1S/C26H33F3N4O4/c1-18-16-21(6-11-24(18)33(35)36)30-20-4-9-23(10-5-20)37-17-25(34)32-14-12-31(13-15-32)22-7-2-19(3-8-22)26(27,28)29/h2-3,6-8,11,16,20,23,30,35-36H,4-5,9-10,12-15,17H2,1H3. The molecule has 2 aromatic carbocycles. The van der Waals surface area contributed by atoms with Gasteiger partial charge in [-0.2, -0.15) is 13.2 Å². The monoisotopic (exact) mass is 522 g/mol. The molecule has 3 N–H and O–H groups in total. The van der Waals surface area contributed by atoms with Crippen LogP contribution in [0.2, 0.25) is 0 Å². The molecule has 37 heavy (non-hydrogen) atoms. The lowest BCUT2D eigenvalue weighted by molar-refractivity contribution is -0.139. The first-order chi connectivity index (χ1) is 17.6. The lowest BCUT2D eigenvalue weighted by Gasteiger charge is -2.36. The van der Waals surface area contributed by atoms with Gasteiger partial charge in [-0.1, -0.05) is 0 Å². The average molecular weight is 523 g/mol. The number of hydrogen-bond donors (Lipinski definition) is 3. The maximum absolute atomic E-state index is 12.8. The lowest BCUT2D eigenvalue weighted by atomic mass is 9.92. The fraction of sp³-hybridized carbons (Fsp3) is 0.500. The molecule has 4 rings (SSSR count). The second-order valence-electron chi connectivity index (χ2n) is 9.63. The summed E-state index contributed by atoms with van der Waals surface area (Å²) in [5.74, 6) is -0.0651. The smallest absolute Gasteiger partial charge is 0.382 e. The number of benzene rings is 2. The minimum Gasteiger partial charge on any atom is -0.382 e. The lowest BCUT2D eigenvalue weighted by Crippen LogP contribution is -2.50. The SMILES string of the molecule is Cc1cc(NC2CCC(OCC(=O)N3CCN(c4ccc(C(F)(F)F)cc4)CC3)CC2)ccc1N(O)O. The van der Waals surface area contributed by atoms with Crippen molar-refractivity contribution in [2.24, 2.45) is 0 Å². The van der Waals surface area contributed by atoms with Gasteiger partial charge in [0.05, 0.1) is 17.4 Å². The first-order valence-electron chi connectivity index (χ1n) is 12.5. The first-order valence-corrected chi connectivity index (χ1v) is 12.5. The Hall–Kier alpha value is -3.02. The third kappa shape index (κ3) is 7.06. The predicted octanol–water partition coefficient (Wildman–Crippen LogP) is 4.69. The van der Waals surface area contributed by atoms with Crippen LogP contribution in [0.3, 0.4) is 0 Å². The van der Waals surface area contributed by atoms with Crippen molar-refractivity contribution in [3.63, 3.8) is 0 Å². The van der Waals surface area contributed by atoms with Gasteiger partial charge in [-0.15, -0.1) is 5.23 Å². The summed E-state index contributed by atoms with van der Waals surface area (Å²) < 4.78 is 44.2. The van der Waals surface area contributed by atoms with Crippen LogP contribution in [0, 0.1) is 6.92 Å². The molecule has 0 unspecified atom stereocenters. The van der Waals surface area contributed by atoms with Crippen LogP contribution in [0.5, 0.6) is 0 Å². The van der Waals surface area contributed by atoms with Crippen LogP contribution in [-0.4, -0.2) is 66.2 Å². The Labute approximate surface area is 214 Å². The van der Waals surface area contributed by atoms with Crippen molar-refractivity contribution in [2.75, 3.05) is 48.2 Å². The van der Waals surface area contributed by atoms with Gasteiger partial charge < -0.3 is 19.9 Å². The maximum Gasteiger partial charge on any atom is 0.416 e. The number of anilines is 3. The van der Waals surface area contributed by atoms with Gasteiger partial charge >= 0.3 is 6.18 Å². The highest BCUT2D eigenvalue weighted by Crippen LogP contribution is 2.31. The molecule has 1 aliphatic heterocycles. The Balaban J connectivity index is 1.16. The summed E-state index contributed by atoms with van der Waals surface area (Å²) in [7, 11) is 0. The zero-order valence-electron chi connectivity index (χ0n) is 20.7. The number of rotatable bonds is 7. The molecule has 0 aromatic heterocycles. The molecule has 1 aliphatic carbocycles. The van der Waals surface area contributed by atoms with Crippen molar-refractivity contribution in [3.8, 4) is 0 Å². The van der Waals surface area contributed by atoms with Crippen LogP contribution in [0.15, 0.2) is 42.5 Å². The number of nitrogens with zero attached hydrogens (tertiary/aromatic N) is 3. The zero-order valence-corrected chi connectivity index (χ0v) is 20.7. The van der Waals surface area contributed by atoms with Gasteiger partial charge in [0.1, 0.15) is 6.61 Å². The van der Waals surface area contributed by atoms with Gasteiger partial charge in [0, 0.05) is 43.6 Å². The van der Waals surface area contributed by atoms with E-state index in [1.165, 1.54) is 12.1 Å². The number of alkyl halides is 3. The second kappa shape index (κ2) is 11.6. The number of piperazine rings is 1. The molecule has 0 spiro atoms. The third-order valence-electron chi connectivity index (χ3n) is 7.09. The third-order valence-corrected chi connectivity index (χ3v) is 7.09. The van der Waals surface area contributed by atoms with Gasteiger partial charge in [0.2, 0.25) is 5.91 Å². The summed E-state index contributed by atoms with van der Waals surface area (Å²) in [6.07, 6.45) is -0.850. The number of aryl methyl sites for hydroxylation is 1.